The Kier molecular flexibility index (Phi) is 24.2. The molecule has 0 aliphatic rings. The molecule has 0 aliphatic heterocycles. The van der Waals surface area contributed by atoms with Gasteiger partial charge in [0.1, 0.15) is 0 Å². The van der Waals surface area contributed by atoms with E-state index in [1.54, 1.807) is 0 Å². The number of rotatable bonds is 8. The van der Waals surface area contributed by atoms with E-state index >= 15 is 0 Å². The van der Waals surface area contributed by atoms with E-state index in [0.717, 1.165) is 24.3 Å². The van der Waals surface area contributed by atoms with Crippen LogP contribution >= 0.6 is 15.8 Å². The van der Waals surface area contributed by atoms with Crippen molar-refractivity contribution in [3.8, 4) is 0 Å². The molecule has 0 radical (unpaired) electrons. The Balaban J connectivity index is 0.000000361. The molecule has 0 saturated heterocycles. The van der Waals surface area contributed by atoms with Crippen molar-refractivity contribution >= 4 is 72.9 Å². The van der Waals surface area contributed by atoms with E-state index in [4.69, 9.17) is 0 Å². The van der Waals surface area contributed by atoms with Gasteiger partial charge in [0.15, 0.2) is 0 Å². The largest absolute Gasteiger partial charge is 2.00 e. The maximum atomic E-state index is 4.55. The molecule has 6 rings (SSSR count). The van der Waals surface area contributed by atoms with Crippen molar-refractivity contribution in [1.82, 2.24) is 0 Å². The standard InChI is InChI=1S/2C17H15P.2C3H8S.Fe.Pt/c2*1-3-9-15(10-4-1)18(17-13-7-8-14-17)16-11-5-2-6-12-16;2*1-2-3-4;;/h2*1-14,18H;2*4H,2-3H2,1H3;;/q;;;;;+2/p-2. The summed E-state index contributed by atoms with van der Waals surface area (Å²) >= 11 is 9.11. The van der Waals surface area contributed by atoms with Crippen LogP contribution in [-0.2, 0) is 63.4 Å². The molecule has 0 atom stereocenters. The molecule has 0 spiro atoms. The van der Waals surface area contributed by atoms with Gasteiger partial charge in [-0.1, -0.05) is 99.5 Å². The molecular formula is C40H44FeP2PtS2. The first kappa shape index (κ1) is 42.4. The molecule has 0 fully saturated rings. The van der Waals surface area contributed by atoms with Gasteiger partial charge in [0.2, 0.25) is 0 Å². The van der Waals surface area contributed by atoms with Crippen LogP contribution in [0.15, 0.2) is 170 Å². The first-order valence-electron chi connectivity index (χ1n) is 15.3. The van der Waals surface area contributed by atoms with Gasteiger partial charge in [-0.3, -0.25) is 0 Å². The van der Waals surface area contributed by atoms with Crippen molar-refractivity contribution in [2.75, 3.05) is 11.5 Å². The van der Waals surface area contributed by atoms with Crippen LogP contribution in [0.25, 0.3) is 0 Å². The van der Waals surface area contributed by atoms with E-state index in [9.17, 15) is 0 Å². The zero-order valence-corrected chi connectivity index (χ0v) is 33.5. The second-order valence-corrected chi connectivity index (χ2v) is 15.8. The van der Waals surface area contributed by atoms with Gasteiger partial charge in [0.05, 0.1) is 21.2 Å². The van der Waals surface area contributed by atoms with E-state index in [1.165, 1.54) is 31.8 Å². The fraction of sp³-hybridized carbons (Fsp3) is 0.150. The molecule has 0 unspecified atom stereocenters. The van der Waals surface area contributed by atoms with Gasteiger partial charge in [0.25, 0.3) is 0 Å². The minimum atomic E-state index is -0.834. The quantitative estimate of drug-likeness (QED) is 0.0667. The summed E-state index contributed by atoms with van der Waals surface area (Å²) in [5, 5.41) is 8.69. The molecular weight excluding hydrogens is 857 g/mol. The monoisotopic (exact) mass is 901 g/mol. The maximum absolute atomic E-state index is 4.55. The van der Waals surface area contributed by atoms with Gasteiger partial charge in [-0.15, -0.1) is 24.3 Å². The number of hydrogen-bond acceptors (Lipinski definition) is 2. The van der Waals surface area contributed by atoms with E-state index < -0.39 is 15.8 Å². The van der Waals surface area contributed by atoms with Crippen molar-refractivity contribution in [3.63, 3.8) is 0 Å². The van der Waals surface area contributed by atoms with E-state index in [1.807, 2.05) is 0 Å². The second kappa shape index (κ2) is 26.3. The molecule has 46 heavy (non-hydrogen) atoms. The molecule has 0 aromatic heterocycles. The molecule has 6 aromatic carbocycles. The summed E-state index contributed by atoms with van der Waals surface area (Å²) < 4.78 is 0. The average Bonchev–Trinajstić information content (AvgIpc) is 3.84. The molecule has 0 heterocycles. The normalized spacial score (nSPS) is 9.70. The first-order valence-corrected chi connectivity index (χ1v) is 19.4. The molecule has 0 aliphatic carbocycles. The van der Waals surface area contributed by atoms with Gasteiger partial charge >= 0.3 is 21.1 Å². The Morgan fingerprint density at radius 2 is 0.609 bits per heavy atom. The molecule has 6 aromatic rings. The number of benzene rings is 4. The van der Waals surface area contributed by atoms with Crippen LogP contribution in [0.2, 0.25) is 0 Å². The van der Waals surface area contributed by atoms with Gasteiger partial charge in [-0.05, 0) is 59.1 Å². The molecule has 244 valence electrons. The van der Waals surface area contributed by atoms with Crippen molar-refractivity contribution < 1.29 is 38.1 Å². The van der Waals surface area contributed by atoms with Crippen LogP contribution in [0, 0.1) is 0 Å². The van der Waals surface area contributed by atoms with Crippen LogP contribution in [0.4, 0.5) is 0 Å². The third-order valence-corrected chi connectivity index (χ3v) is 12.8. The van der Waals surface area contributed by atoms with Crippen LogP contribution in [0.1, 0.15) is 26.7 Å². The van der Waals surface area contributed by atoms with Crippen LogP contribution in [0.5, 0.6) is 0 Å². The van der Waals surface area contributed by atoms with Crippen LogP contribution in [0.3, 0.4) is 0 Å². The Hall–Kier alpha value is -1.65. The topological polar surface area (TPSA) is 0 Å². The second-order valence-electron chi connectivity index (χ2n) is 9.97. The fourth-order valence-corrected chi connectivity index (χ4v) is 9.66. The van der Waals surface area contributed by atoms with E-state index in [0.29, 0.717) is 0 Å². The predicted octanol–water partition coefficient (Wildman–Crippen LogP) is 7.67. The molecule has 0 bridgehead atoms. The summed E-state index contributed by atoms with van der Waals surface area (Å²) in [6, 6.07) is 60.8. The summed E-state index contributed by atoms with van der Waals surface area (Å²) in [6.07, 6.45) is 2.27. The zero-order chi connectivity index (χ0) is 31.2. The Morgan fingerprint density at radius 1 is 0.413 bits per heavy atom. The average molecular weight is 902 g/mol. The van der Waals surface area contributed by atoms with Crippen molar-refractivity contribution in [1.29, 1.82) is 0 Å². The van der Waals surface area contributed by atoms with Gasteiger partial charge in [-0.25, -0.2) is 24.3 Å². The Labute approximate surface area is 316 Å². The summed E-state index contributed by atoms with van der Waals surface area (Å²) in [5.41, 5.74) is 0. The maximum Gasteiger partial charge on any atom is 2.00 e. The van der Waals surface area contributed by atoms with E-state index in [2.05, 4.69) is 209 Å². The van der Waals surface area contributed by atoms with Crippen molar-refractivity contribution in [2.24, 2.45) is 0 Å². The predicted molar refractivity (Wildman–Crippen MR) is 209 cm³/mol. The van der Waals surface area contributed by atoms with Crippen LogP contribution < -0.4 is 31.8 Å². The van der Waals surface area contributed by atoms with Gasteiger partial charge in [-0.2, -0.15) is 11.5 Å². The third-order valence-electron chi connectivity index (χ3n) is 6.56. The fourth-order valence-electron chi connectivity index (χ4n) is 4.50. The van der Waals surface area contributed by atoms with E-state index in [-0.39, 0.29) is 38.1 Å². The summed E-state index contributed by atoms with van der Waals surface area (Å²) in [6.45, 7) is 4.15. The van der Waals surface area contributed by atoms with Crippen molar-refractivity contribution in [2.45, 2.75) is 26.7 Å². The molecule has 0 nitrogen and oxygen atoms in total. The van der Waals surface area contributed by atoms with Crippen LogP contribution in [-0.4, -0.2) is 11.5 Å². The molecule has 0 amide bonds. The van der Waals surface area contributed by atoms with Gasteiger partial charge in [0, 0.05) is 32.9 Å². The number of hydrogen-bond donors (Lipinski definition) is 0. The SMILES string of the molecule is CCC[S-].CCC[S-].[Fe].[Pt+2].c1ccc([PH+](c2ccccc2)[c-]2cccc2)cc1.c1ccc([PH+](c2ccccc2)[c-]2cccc2)cc1. The molecule has 0 N–H and O–H groups in total. The molecule has 6 heteroatoms. The molecule has 0 saturated carbocycles. The summed E-state index contributed by atoms with van der Waals surface area (Å²) in [4.78, 5) is 0. The smallest absolute Gasteiger partial charge is 0.793 e. The van der Waals surface area contributed by atoms with Gasteiger partial charge < -0.3 is 25.3 Å². The Bertz CT molecular complexity index is 1280. The minimum absolute atomic E-state index is 0. The minimum Gasteiger partial charge on any atom is -0.793 e. The third kappa shape index (κ3) is 14.6. The Morgan fingerprint density at radius 3 is 0.783 bits per heavy atom. The summed E-state index contributed by atoms with van der Waals surface area (Å²) in [5.74, 6) is 1.81. The first-order chi connectivity index (χ1) is 21.7. The summed E-state index contributed by atoms with van der Waals surface area (Å²) in [7, 11) is -1.67. The zero-order valence-electron chi connectivity index (χ0n) is 26.5. The van der Waals surface area contributed by atoms with Crippen molar-refractivity contribution in [3.05, 3.63) is 170 Å².